The van der Waals surface area contributed by atoms with E-state index in [4.69, 9.17) is 0 Å². The molecule has 0 saturated carbocycles. The Labute approximate surface area is 121 Å². The van der Waals surface area contributed by atoms with Crippen LogP contribution in [0.4, 0.5) is 0 Å². The van der Waals surface area contributed by atoms with Crippen molar-refractivity contribution in [3.8, 4) is 11.1 Å². The third-order valence-corrected chi connectivity index (χ3v) is 3.92. The Bertz CT molecular complexity index is 554. The van der Waals surface area contributed by atoms with Gasteiger partial charge in [-0.25, -0.2) is 0 Å². The Kier molecular flexibility index (Phi) is 4.14. The van der Waals surface area contributed by atoms with E-state index in [0.29, 0.717) is 0 Å². The SMILES string of the molecule is Cc1cccc(-c2ccc(CN3CCNCC3)cc2)c1. The second-order valence-electron chi connectivity index (χ2n) is 5.59. The van der Waals surface area contributed by atoms with Gasteiger partial charge in [0.2, 0.25) is 0 Å². The van der Waals surface area contributed by atoms with E-state index < -0.39 is 0 Å². The van der Waals surface area contributed by atoms with Crippen LogP contribution in [-0.2, 0) is 6.54 Å². The van der Waals surface area contributed by atoms with Gasteiger partial charge in [-0.3, -0.25) is 4.90 Å². The van der Waals surface area contributed by atoms with Gasteiger partial charge in [0.25, 0.3) is 0 Å². The molecule has 0 unspecified atom stereocenters. The van der Waals surface area contributed by atoms with E-state index in [1.165, 1.54) is 22.3 Å². The summed E-state index contributed by atoms with van der Waals surface area (Å²) in [5, 5.41) is 3.39. The van der Waals surface area contributed by atoms with Gasteiger partial charge < -0.3 is 5.32 Å². The lowest BCUT2D eigenvalue weighted by Gasteiger charge is -2.27. The largest absolute Gasteiger partial charge is 0.314 e. The van der Waals surface area contributed by atoms with E-state index in [-0.39, 0.29) is 0 Å². The molecule has 1 saturated heterocycles. The highest BCUT2D eigenvalue weighted by Gasteiger charge is 2.09. The van der Waals surface area contributed by atoms with Gasteiger partial charge in [-0.15, -0.1) is 0 Å². The first-order valence-corrected chi connectivity index (χ1v) is 7.40. The molecule has 20 heavy (non-hydrogen) atoms. The summed E-state index contributed by atoms with van der Waals surface area (Å²) in [5.41, 5.74) is 5.33. The van der Waals surface area contributed by atoms with Crippen LogP contribution in [0.2, 0.25) is 0 Å². The van der Waals surface area contributed by atoms with Gasteiger partial charge in [-0.2, -0.15) is 0 Å². The summed E-state index contributed by atoms with van der Waals surface area (Å²) in [6.45, 7) is 7.74. The normalized spacial score (nSPS) is 16.2. The van der Waals surface area contributed by atoms with Gasteiger partial charge in [0, 0.05) is 32.7 Å². The predicted octanol–water partition coefficient (Wildman–Crippen LogP) is 3.07. The van der Waals surface area contributed by atoms with Crippen LogP contribution in [0.5, 0.6) is 0 Å². The zero-order valence-corrected chi connectivity index (χ0v) is 12.1. The lowest BCUT2D eigenvalue weighted by Crippen LogP contribution is -2.42. The Hall–Kier alpha value is -1.64. The van der Waals surface area contributed by atoms with Crippen LogP contribution in [0.3, 0.4) is 0 Å². The number of rotatable bonds is 3. The van der Waals surface area contributed by atoms with Crippen molar-refractivity contribution >= 4 is 0 Å². The lowest BCUT2D eigenvalue weighted by atomic mass is 10.0. The van der Waals surface area contributed by atoms with Crippen LogP contribution in [0.15, 0.2) is 48.5 Å². The lowest BCUT2D eigenvalue weighted by molar-refractivity contribution is 0.233. The molecular formula is C18H22N2. The minimum absolute atomic E-state index is 1.07. The van der Waals surface area contributed by atoms with E-state index in [1.807, 2.05) is 0 Å². The minimum Gasteiger partial charge on any atom is -0.314 e. The Morgan fingerprint density at radius 2 is 1.70 bits per heavy atom. The van der Waals surface area contributed by atoms with Crippen LogP contribution >= 0.6 is 0 Å². The second-order valence-corrected chi connectivity index (χ2v) is 5.59. The van der Waals surface area contributed by atoms with Crippen molar-refractivity contribution < 1.29 is 0 Å². The van der Waals surface area contributed by atoms with Crippen molar-refractivity contribution in [2.75, 3.05) is 26.2 Å². The summed E-state index contributed by atoms with van der Waals surface area (Å²) in [6, 6.07) is 17.7. The standard InChI is InChI=1S/C18H22N2/c1-15-3-2-4-18(13-15)17-7-5-16(6-8-17)14-20-11-9-19-10-12-20/h2-8,13,19H,9-12,14H2,1H3. The molecular weight excluding hydrogens is 244 g/mol. The van der Waals surface area contributed by atoms with E-state index >= 15 is 0 Å². The fraction of sp³-hybridized carbons (Fsp3) is 0.333. The molecule has 0 bridgehead atoms. The van der Waals surface area contributed by atoms with Crippen molar-refractivity contribution in [3.63, 3.8) is 0 Å². The molecule has 2 heteroatoms. The highest BCUT2D eigenvalue weighted by Crippen LogP contribution is 2.21. The quantitative estimate of drug-likeness (QED) is 0.918. The van der Waals surface area contributed by atoms with Crippen LogP contribution in [-0.4, -0.2) is 31.1 Å². The Morgan fingerprint density at radius 1 is 0.950 bits per heavy atom. The Balaban J connectivity index is 1.71. The summed E-state index contributed by atoms with van der Waals surface area (Å²) in [5.74, 6) is 0. The molecule has 1 aliphatic rings. The van der Waals surface area contributed by atoms with Crippen molar-refractivity contribution in [2.45, 2.75) is 13.5 Å². The molecule has 0 atom stereocenters. The molecule has 0 radical (unpaired) electrons. The third kappa shape index (κ3) is 3.27. The molecule has 3 rings (SSSR count). The molecule has 2 aromatic carbocycles. The molecule has 0 aliphatic carbocycles. The average Bonchev–Trinajstić information content (AvgIpc) is 2.49. The van der Waals surface area contributed by atoms with Crippen LogP contribution < -0.4 is 5.32 Å². The van der Waals surface area contributed by atoms with E-state index in [9.17, 15) is 0 Å². The number of aryl methyl sites for hydroxylation is 1. The van der Waals surface area contributed by atoms with Crippen molar-refractivity contribution in [1.82, 2.24) is 10.2 Å². The van der Waals surface area contributed by atoms with Gasteiger partial charge in [-0.1, -0.05) is 54.1 Å². The molecule has 1 fully saturated rings. The monoisotopic (exact) mass is 266 g/mol. The highest BCUT2D eigenvalue weighted by atomic mass is 15.2. The molecule has 1 N–H and O–H groups in total. The van der Waals surface area contributed by atoms with E-state index in [1.54, 1.807) is 0 Å². The molecule has 0 spiro atoms. The van der Waals surface area contributed by atoms with Gasteiger partial charge in [0.1, 0.15) is 0 Å². The summed E-state index contributed by atoms with van der Waals surface area (Å²) in [6.07, 6.45) is 0. The van der Waals surface area contributed by atoms with Gasteiger partial charge in [0.15, 0.2) is 0 Å². The summed E-state index contributed by atoms with van der Waals surface area (Å²) >= 11 is 0. The molecule has 0 amide bonds. The van der Waals surface area contributed by atoms with Crippen LogP contribution in [0, 0.1) is 6.92 Å². The van der Waals surface area contributed by atoms with E-state index in [0.717, 1.165) is 32.7 Å². The first-order chi connectivity index (χ1) is 9.81. The second kappa shape index (κ2) is 6.21. The minimum atomic E-state index is 1.07. The smallest absolute Gasteiger partial charge is 0.0234 e. The van der Waals surface area contributed by atoms with Crippen molar-refractivity contribution in [3.05, 3.63) is 59.7 Å². The van der Waals surface area contributed by atoms with Crippen molar-refractivity contribution in [1.29, 1.82) is 0 Å². The zero-order valence-electron chi connectivity index (χ0n) is 12.1. The predicted molar refractivity (Wildman–Crippen MR) is 84.8 cm³/mol. The first kappa shape index (κ1) is 13.3. The third-order valence-electron chi connectivity index (χ3n) is 3.92. The number of benzene rings is 2. The maximum absolute atomic E-state index is 3.39. The fourth-order valence-corrected chi connectivity index (χ4v) is 2.75. The molecule has 1 aliphatic heterocycles. The number of hydrogen-bond donors (Lipinski definition) is 1. The summed E-state index contributed by atoms with van der Waals surface area (Å²) in [4.78, 5) is 2.51. The topological polar surface area (TPSA) is 15.3 Å². The maximum atomic E-state index is 3.39. The average molecular weight is 266 g/mol. The van der Waals surface area contributed by atoms with E-state index in [2.05, 4.69) is 65.7 Å². The summed E-state index contributed by atoms with van der Waals surface area (Å²) < 4.78 is 0. The molecule has 2 nitrogen and oxygen atoms in total. The molecule has 104 valence electrons. The molecule has 2 aromatic rings. The van der Waals surface area contributed by atoms with Gasteiger partial charge in [-0.05, 0) is 23.6 Å². The fourth-order valence-electron chi connectivity index (χ4n) is 2.75. The molecule has 1 heterocycles. The first-order valence-electron chi connectivity index (χ1n) is 7.40. The van der Waals surface area contributed by atoms with Gasteiger partial charge in [0.05, 0.1) is 0 Å². The van der Waals surface area contributed by atoms with Crippen molar-refractivity contribution in [2.24, 2.45) is 0 Å². The number of nitrogens with zero attached hydrogens (tertiary/aromatic N) is 1. The highest BCUT2D eigenvalue weighted by molar-refractivity contribution is 5.64. The maximum Gasteiger partial charge on any atom is 0.0234 e. The zero-order chi connectivity index (χ0) is 13.8. The van der Waals surface area contributed by atoms with Crippen LogP contribution in [0.25, 0.3) is 11.1 Å². The van der Waals surface area contributed by atoms with Gasteiger partial charge >= 0.3 is 0 Å². The number of nitrogens with one attached hydrogen (secondary N) is 1. The molecule has 0 aromatic heterocycles. The summed E-state index contributed by atoms with van der Waals surface area (Å²) in [7, 11) is 0. The number of piperazine rings is 1. The Morgan fingerprint density at radius 3 is 2.40 bits per heavy atom. The number of hydrogen-bond acceptors (Lipinski definition) is 2. The van der Waals surface area contributed by atoms with Crippen LogP contribution in [0.1, 0.15) is 11.1 Å².